The number of rotatable bonds is 7. The third-order valence-corrected chi connectivity index (χ3v) is 2.68. The summed E-state index contributed by atoms with van der Waals surface area (Å²) >= 11 is 0. The molecule has 1 aromatic heterocycles. The normalized spacial score (nSPS) is 10.6. The van der Waals surface area contributed by atoms with Gasteiger partial charge in [-0.25, -0.2) is 0 Å². The standard InChI is InChI=1S/C14H18N2O/c1-2-17-9-3-7-15-11-12-4-5-14-13(10-12)6-8-16-14/h2,4-6,8,10,15-16H,1,3,7,9,11H2. The van der Waals surface area contributed by atoms with Crippen molar-refractivity contribution in [1.82, 2.24) is 10.3 Å². The summed E-state index contributed by atoms with van der Waals surface area (Å²) in [5.41, 5.74) is 2.50. The molecule has 0 unspecified atom stereocenters. The molecule has 0 spiro atoms. The Morgan fingerprint density at radius 3 is 3.18 bits per heavy atom. The van der Waals surface area contributed by atoms with Gasteiger partial charge in [-0.05, 0) is 42.1 Å². The zero-order valence-corrected chi connectivity index (χ0v) is 9.91. The summed E-state index contributed by atoms with van der Waals surface area (Å²) in [7, 11) is 0. The quantitative estimate of drug-likeness (QED) is 0.567. The minimum Gasteiger partial charge on any atom is -0.502 e. The maximum absolute atomic E-state index is 5.05. The van der Waals surface area contributed by atoms with Crippen LogP contribution in [0.2, 0.25) is 0 Å². The first-order valence-electron chi connectivity index (χ1n) is 5.89. The molecule has 2 N–H and O–H groups in total. The fourth-order valence-electron chi connectivity index (χ4n) is 1.81. The minimum atomic E-state index is 0.730. The lowest BCUT2D eigenvalue weighted by molar-refractivity contribution is 0.244. The van der Waals surface area contributed by atoms with E-state index in [0.29, 0.717) is 0 Å². The Hall–Kier alpha value is -1.74. The van der Waals surface area contributed by atoms with E-state index in [9.17, 15) is 0 Å². The number of fused-ring (bicyclic) bond motifs is 1. The Labute approximate surface area is 101 Å². The SMILES string of the molecule is C=COCCCNCc1ccc2[nH]ccc2c1. The molecule has 0 aliphatic heterocycles. The maximum Gasteiger partial charge on any atom is 0.0885 e. The third-order valence-electron chi connectivity index (χ3n) is 2.68. The van der Waals surface area contributed by atoms with Crippen molar-refractivity contribution >= 4 is 10.9 Å². The highest BCUT2D eigenvalue weighted by Crippen LogP contribution is 2.13. The molecule has 90 valence electrons. The first kappa shape index (κ1) is 11.7. The highest BCUT2D eigenvalue weighted by Gasteiger charge is 1.96. The van der Waals surface area contributed by atoms with E-state index in [4.69, 9.17) is 4.74 Å². The Morgan fingerprint density at radius 1 is 1.35 bits per heavy atom. The Morgan fingerprint density at radius 2 is 2.29 bits per heavy atom. The van der Waals surface area contributed by atoms with Crippen molar-refractivity contribution in [3.8, 4) is 0 Å². The van der Waals surface area contributed by atoms with Crippen LogP contribution in [0.25, 0.3) is 10.9 Å². The summed E-state index contributed by atoms with van der Waals surface area (Å²) in [5.74, 6) is 0. The molecular formula is C14H18N2O. The monoisotopic (exact) mass is 230 g/mol. The van der Waals surface area contributed by atoms with Gasteiger partial charge in [-0.1, -0.05) is 12.6 Å². The number of nitrogens with one attached hydrogen (secondary N) is 2. The van der Waals surface area contributed by atoms with Gasteiger partial charge in [0.1, 0.15) is 0 Å². The fourth-order valence-corrected chi connectivity index (χ4v) is 1.81. The highest BCUT2D eigenvalue weighted by molar-refractivity contribution is 5.79. The largest absolute Gasteiger partial charge is 0.502 e. The van der Waals surface area contributed by atoms with Gasteiger partial charge in [0.2, 0.25) is 0 Å². The molecule has 0 amide bonds. The topological polar surface area (TPSA) is 37.0 Å². The van der Waals surface area contributed by atoms with Crippen LogP contribution >= 0.6 is 0 Å². The minimum absolute atomic E-state index is 0.730. The molecule has 1 aromatic carbocycles. The van der Waals surface area contributed by atoms with Crippen LogP contribution in [0.4, 0.5) is 0 Å². The van der Waals surface area contributed by atoms with Gasteiger partial charge in [0.25, 0.3) is 0 Å². The van der Waals surface area contributed by atoms with E-state index in [-0.39, 0.29) is 0 Å². The first-order valence-corrected chi connectivity index (χ1v) is 5.89. The molecule has 0 atom stereocenters. The van der Waals surface area contributed by atoms with E-state index >= 15 is 0 Å². The molecule has 0 radical (unpaired) electrons. The van der Waals surface area contributed by atoms with E-state index in [0.717, 1.165) is 26.1 Å². The maximum atomic E-state index is 5.05. The molecule has 17 heavy (non-hydrogen) atoms. The molecule has 1 heterocycles. The van der Waals surface area contributed by atoms with Gasteiger partial charge in [-0.2, -0.15) is 0 Å². The van der Waals surface area contributed by atoms with Crippen molar-refractivity contribution < 1.29 is 4.74 Å². The van der Waals surface area contributed by atoms with Crippen molar-refractivity contribution in [3.05, 3.63) is 48.9 Å². The van der Waals surface area contributed by atoms with E-state index in [1.54, 1.807) is 0 Å². The average molecular weight is 230 g/mol. The number of ether oxygens (including phenoxy) is 1. The van der Waals surface area contributed by atoms with Crippen molar-refractivity contribution in [2.45, 2.75) is 13.0 Å². The summed E-state index contributed by atoms with van der Waals surface area (Å²) in [4.78, 5) is 3.19. The fraction of sp³-hybridized carbons (Fsp3) is 0.286. The van der Waals surface area contributed by atoms with Crippen LogP contribution in [-0.4, -0.2) is 18.1 Å². The lowest BCUT2D eigenvalue weighted by Crippen LogP contribution is -2.15. The molecule has 0 aliphatic rings. The highest BCUT2D eigenvalue weighted by atomic mass is 16.5. The molecular weight excluding hydrogens is 212 g/mol. The van der Waals surface area contributed by atoms with Gasteiger partial charge in [0.15, 0.2) is 0 Å². The van der Waals surface area contributed by atoms with Crippen molar-refractivity contribution in [2.24, 2.45) is 0 Å². The predicted molar refractivity (Wildman–Crippen MR) is 70.8 cm³/mol. The number of aromatic amines is 1. The van der Waals surface area contributed by atoms with Crippen molar-refractivity contribution in [1.29, 1.82) is 0 Å². The number of hydrogen-bond donors (Lipinski definition) is 2. The molecule has 0 aliphatic carbocycles. The zero-order valence-electron chi connectivity index (χ0n) is 9.91. The zero-order chi connectivity index (χ0) is 11.9. The number of benzene rings is 1. The van der Waals surface area contributed by atoms with Crippen LogP contribution in [0.5, 0.6) is 0 Å². The van der Waals surface area contributed by atoms with E-state index in [1.807, 2.05) is 6.20 Å². The molecule has 0 saturated heterocycles. The second-order valence-electron chi connectivity index (χ2n) is 3.97. The number of hydrogen-bond acceptors (Lipinski definition) is 2. The van der Waals surface area contributed by atoms with Gasteiger partial charge < -0.3 is 15.0 Å². The van der Waals surface area contributed by atoms with Crippen LogP contribution in [0.1, 0.15) is 12.0 Å². The third kappa shape index (κ3) is 3.36. The predicted octanol–water partition coefficient (Wildman–Crippen LogP) is 2.81. The number of H-pyrrole nitrogens is 1. The van der Waals surface area contributed by atoms with Crippen LogP contribution in [-0.2, 0) is 11.3 Å². The molecule has 3 heteroatoms. The van der Waals surface area contributed by atoms with Crippen LogP contribution in [0.3, 0.4) is 0 Å². The van der Waals surface area contributed by atoms with E-state index in [2.05, 4.69) is 41.1 Å². The van der Waals surface area contributed by atoms with Crippen LogP contribution < -0.4 is 5.32 Å². The lowest BCUT2D eigenvalue weighted by atomic mass is 10.1. The van der Waals surface area contributed by atoms with E-state index in [1.165, 1.54) is 22.7 Å². The van der Waals surface area contributed by atoms with Crippen molar-refractivity contribution in [3.63, 3.8) is 0 Å². The molecule has 2 aromatic rings. The molecule has 3 nitrogen and oxygen atoms in total. The lowest BCUT2D eigenvalue weighted by Gasteiger charge is -2.05. The smallest absolute Gasteiger partial charge is 0.0885 e. The summed E-state index contributed by atoms with van der Waals surface area (Å²) in [6.07, 6.45) is 4.45. The molecule has 0 fully saturated rings. The van der Waals surface area contributed by atoms with Gasteiger partial charge in [0, 0.05) is 18.3 Å². The second kappa shape index (κ2) is 6.11. The van der Waals surface area contributed by atoms with Crippen LogP contribution in [0, 0.1) is 0 Å². The van der Waals surface area contributed by atoms with Gasteiger partial charge in [0.05, 0.1) is 12.9 Å². The Balaban J connectivity index is 1.76. The first-order chi connectivity index (χ1) is 8.40. The van der Waals surface area contributed by atoms with Gasteiger partial charge >= 0.3 is 0 Å². The second-order valence-corrected chi connectivity index (χ2v) is 3.97. The summed E-state index contributed by atoms with van der Waals surface area (Å²) in [6.45, 7) is 6.09. The Kier molecular flexibility index (Phi) is 4.22. The van der Waals surface area contributed by atoms with Gasteiger partial charge in [-0.15, -0.1) is 0 Å². The number of aromatic nitrogens is 1. The van der Waals surface area contributed by atoms with Gasteiger partial charge in [-0.3, -0.25) is 0 Å². The summed E-state index contributed by atoms with van der Waals surface area (Å²) in [6, 6.07) is 8.56. The van der Waals surface area contributed by atoms with Crippen LogP contribution in [0.15, 0.2) is 43.3 Å². The van der Waals surface area contributed by atoms with E-state index < -0.39 is 0 Å². The Bertz CT molecular complexity index is 476. The summed E-state index contributed by atoms with van der Waals surface area (Å²) in [5, 5.41) is 4.66. The molecule has 2 rings (SSSR count). The average Bonchev–Trinajstić information content (AvgIpc) is 2.81. The summed E-state index contributed by atoms with van der Waals surface area (Å²) < 4.78 is 5.05. The van der Waals surface area contributed by atoms with Crippen molar-refractivity contribution in [2.75, 3.05) is 13.2 Å². The molecule has 0 bridgehead atoms. The molecule has 0 saturated carbocycles.